The second-order valence-corrected chi connectivity index (χ2v) is 29.7. The van der Waals surface area contributed by atoms with Gasteiger partial charge >= 0.3 is 22.4 Å². The lowest BCUT2D eigenvalue weighted by atomic mass is 9.49. The van der Waals surface area contributed by atoms with E-state index in [1.807, 2.05) is 48.5 Å². The summed E-state index contributed by atoms with van der Waals surface area (Å²) in [5.74, 6) is -1.50. The third-order valence-corrected chi connectivity index (χ3v) is 22.9. The smallest absolute Gasteiger partial charge is 0.367 e. The van der Waals surface area contributed by atoms with Gasteiger partial charge in [0.1, 0.15) is 0 Å². The van der Waals surface area contributed by atoms with E-state index in [0.29, 0.717) is 43.4 Å². The zero-order valence-corrected chi connectivity index (χ0v) is 50.7. The average molecular weight is 1260 g/mol. The summed E-state index contributed by atoms with van der Waals surface area (Å²) in [4.78, 5) is 32.9. The number of ether oxygens (including phenoxy) is 2. The Kier molecular flexibility index (Phi) is 19.3. The van der Waals surface area contributed by atoms with E-state index in [9.17, 15) is 53.1 Å². The number of hydrogen-bond acceptors (Lipinski definition) is 10. The number of hydrogen-bond donors (Lipinski definition) is 0. The highest BCUT2D eigenvalue weighted by Crippen LogP contribution is 2.61. The molecule has 0 N–H and O–H groups in total. The van der Waals surface area contributed by atoms with E-state index in [1.54, 1.807) is 0 Å². The van der Waals surface area contributed by atoms with Crippen LogP contribution < -0.4 is 0 Å². The first kappa shape index (κ1) is 63.0. The van der Waals surface area contributed by atoms with Crippen molar-refractivity contribution in [1.82, 2.24) is 0 Å². The molecule has 452 valence electrons. The predicted molar refractivity (Wildman–Crippen MR) is 324 cm³/mol. The zero-order chi connectivity index (χ0) is 61.6. The Morgan fingerprint density at radius 3 is 1.08 bits per heavy atom. The number of halogens is 4. The van der Waals surface area contributed by atoms with E-state index in [4.69, 9.17) is 0 Å². The first-order valence-corrected chi connectivity index (χ1v) is 33.9. The van der Waals surface area contributed by atoms with Crippen LogP contribution in [-0.2, 0) is 61.1 Å². The molecule has 7 aliphatic rings. The van der Waals surface area contributed by atoms with Crippen LogP contribution in [0.25, 0.3) is 0 Å². The van der Waals surface area contributed by atoms with Crippen molar-refractivity contribution < 1.29 is 62.6 Å². The Morgan fingerprint density at radius 2 is 0.747 bits per heavy atom. The molecule has 4 fully saturated rings. The van der Waals surface area contributed by atoms with Crippen molar-refractivity contribution >= 4 is 54.0 Å². The highest BCUT2D eigenvalue weighted by molar-refractivity contribution is 7.97. The van der Waals surface area contributed by atoms with Gasteiger partial charge in [-0.3, -0.25) is 9.59 Å². The Bertz CT molecular complexity index is 3650. The first-order chi connectivity index (χ1) is 41.6. The van der Waals surface area contributed by atoms with Crippen molar-refractivity contribution in [1.29, 1.82) is 0 Å². The van der Waals surface area contributed by atoms with Crippen LogP contribution in [0.1, 0.15) is 84.6 Å². The Hall–Kier alpha value is -7.06. The molecule has 0 aromatic heterocycles. The number of rotatable bonds is 14. The molecule has 0 heterocycles. The number of alkyl halides is 4. The van der Waals surface area contributed by atoms with E-state index < -0.39 is 67.2 Å². The zero-order valence-electron chi connectivity index (χ0n) is 47.4. The predicted octanol–water partition coefficient (Wildman–Crippen LogP) is 14.7. The fourth-order valence-corrected chi connectivity index (χ4v) is 17.8. The molecule has 15 rings (SSSR count). The molecule has 0 amide bonds. The summed E-state index contributed by atoms with van der Waals surface area (Å²) in [6.07, 6.45) is 5.52. The van der Waals surface area contributed by atoms with E-state index in [2.05, 4.69) is 192 Å². The summed E-state index contributed by atoms with van der Waals surface area (Å²) in [6, 6.07) is 77.8. The van der Waals surface area contributed by atoms with E-state index in [1.165, 1.54) is 34.9 Å². The standard InChI is InChI=1S/C19H16F2O5S.C19H17S.C18H15S.C13H18F2O5S/c20-19(21,27(23,24)25)10-26-18(22)16-9-15-11-5-1-3-7-13(11)17(16)14-8-4-2-6-12(14)15;1-16-12-14-19(15-13-16)20(17-8-4-2-5-9-17)18-10-6-3-7-11-18;1-4-10-16(11-5-1)19(17-12-6-2-7-13-17)18-14-8-3-9-15-18;14-13(15,21(17,18)19)7-20-11(16)12-4-8-1-9(5-12)3-10(2-8)6-12/h1-8,15-17H,9-10H2,(H,23,24,25);2-15H,1H3;1-15H;8-10H,1-7H2,(H,17,18,19)/q;2*+1;/p-2. The summed E-state index contributed by atoms with van der Waals surface area (Å²) < 4.78 is 125. The lowest BCUT2D eigenvalue weighted by Gasteiger charge is -2.55. The van der Waals surface area contributed by atoms with Crippen LogP contribution in [0, 0.1) is 36.0 Å². The van der Waals surface area contributed by atoms with Crippen molar-refractivity contribution in [2.75, 3.05) is 13.2 Å². The minimum absolute atomic E-state index is 0.0146. The van der Waals surface area contributed by atoms with Gasteiger partial charge in [-0.25, -0.2) is 16.8 Å². The lowest BCUT2D eigenvalue weighted by molar-refractivity contribution is -0.177. The molecule has 8 aromatic rings. The van der Waals surface area contributed by atoms with Gasteiger partial charge in [0.15, 0.2) is 62.8 Å². The molecular formula is C69H64F4O10S4. The van der Waals surface area contributed by atoms with Crippen molar-refractivity contribution in [2.45, 2.75) is 104 Å². The number of carbonyl (C=O) groups excluding carboxylic acids is 2. The van der Waals surface area contributed by atoms with E-state index in [-0.39, 0.29) is 33.6 Å². The summed E-state index contributed by atoms with van der Waals surface area (Å²) in [5.41, 5.74) is 4.64. The second-order valence-electron chi connectivity index (χ2n) is 22.7. The van der Waals surface area contributed by atoms with Crippen molar-refractivity contribution in [3.8, 4) is 0 Å². The molecule has 6 bridgehead atoms. The number of fused-ring (bicyclic) bond motifs is 1. The third kappa shape index (κ3) is 14.4. The van der Waals surface area contributed by atoms with Gasteiger partial charge in [-0.15, -0.1) is 0 Å². The lowest BCUT2D eigenvalue weighted by Crippen LogP contribution is -2.51. The molecule has 1 unspecified atom stereocenters. The van der Waals surface area contributed by atoms with Crippen molar-refractivity contribution in [3.63, 3.8) is 0 Å². The summed E-state index contributed by atoms with van der Waals surface area (Å²) >= 11 is 0. The SMILES string of the molecule is Cc1ccc([S+](c2ccccc2)c2ccccc2)cc1.O=C(OCC(F)(F)S(=O)(=O)[O-])C12CC3CC(CC(C3)C1)C2.O=C(OCC(F)(F)S(=O)(=O)[O-])C1CC2c3ccccc3C1c1ccccc12.c1ccc([S+](c2ccccc2)c2ccccc2)cc1. The minimum Gasteiger partial charge on any atom is -0.743 e. The molecule has 0 spiro atoms. The molecule has 0 saturated heterocycles. The van der Waals surface area contributed by atoms with Crippen molar-refractivity contribution in [3.05, 3.63) is 252 Å². The number of carbonyl (C=O) groups is 2. The molecule has 10 nitrogen and oxygen atoms in total. The minimum atomic E-state index is -5.90. The Balaban J connectivity index is 0.000000130. The fraction of sp³-hybridized carbons (Fsp3) is 0.275. The van der Waals surface area contributed by atoms with E-state index >= 15 is 0 Å². The molecule has 1 atom stereocenters. The number of aryl methyl sites for hydroxylation is 1. The summed E-state index contributed by atoms with van der Waals surface area (Å²) in [5, 5.41) is -9.21. The third-order valence-electron chi connectivity index (χ3n) is 16.7. The van der Waals surface area contributed by atoms with Crippen LogP contribution in [0.5, 0.6) is 0 Å². The van der Waals surface area contributed by atoms with Crippen LogP contribution in [0.2, 0.25) is 0 Å². The molecule has 8 aromatic carbocycles. The highest BCUT2D eigenvalue weighted by Gasteiger charge is 2.56. The Labute approximate surface area is 511 Å². The maximum Gasteiger partial charge on any atom is 0.367 e. The molecule has 0 radical (unpaired) electrons. The first-order valence-electron chi connectivity index (χ1n) is 28.6. The maximum absolute atomic E-state index is 13.3. The molecular weight excluding hydrogens is 1190 g/mol. The summed E-state index contributed by atoms with van der Waals surface area (Å²) in [6.45, 7) is -1.32. The van der Waals surface area contributed by atoms with Gasteiger partial charge in [-0.2, -0.15) is 17.6 Å². The largest absolute Gasteiger partial charge is 0.743 e. The van der Waals surface area contributed by atoms with Gasteiger partial charge in [0.25, 0.3) is 0 Å². The molecule has 18 heteroatoms. The van der Waals surface area contributed by atoms with Crippen LogP contribution in [0.4, 0.5) is 17.6 Å². The van der Waals surface area contributed by atoms with Gasteiger partial charge in [0.2, 0.25) is 0 Å². The summed E-state index contributed by atoms with van der Waals surface area (Å²) in [7, 11) is -11.7. The van der Waals surface area contributed by atoms with Crippen LogP contribution in [0.3, 0.4) is 0 Å². The quantitative estimate of drug-likeness (QED) is 0.0442. The van der Waals surface area contributed by atoms with E-state index in [0.717, 1.165) is 41.5 Å². The monoisotopic (exact) mass is 1260 g/mol. The Morgan fingerprint density at radius 1 is 0.448 bits per heavy atom. The molecule has 87 heavy (non-hydrogen) atoms. The van der Waals surface area contributed by atoms with Gasteiger partial charge in [0, 0.05) is 11.8 Å². The van der Waals surface area contributed by atoms with Gasteiger partial charge < -0.3 is 18.6 Å². The highest BCUT2D eigenvalue weighted by atomic mass is 32.2. The number of benzene rings is 8. The average Bonchev–Trinajstić information content (AvgIpc) is 0.894. The number of esters is 2. The van der Waals surface area contributed by atoms with Crippen LogP contribution >= 0.6 is 0 Å². The van der Waals surface area contributed by atoms with Gasteiger partial charge in [0.05, 0.1) is 33.1 Å². The van der Waals surface area contributed by atoms with Gasteiger partial charge in [-0.05, 0) is 165 Å². The normalized spacial score (nSPS) is 21.3. The maximum atomic E-state index is 13.3. The second kappa shape index (κ2) is 26.7. The topological polar surface area (TPSA) is 167 Å². The van der Waals surface area contributed by atoms with Crippen molar-refractivity contribution in [2.24, 2.45) is 29.1 Å². The van der Waals surface area contributed by atoms with Crippen LogP contribution in [-0.4, -0.2) is 61.6 Å². The molecule has 4 saturated carbocycles. The molecule has 0 aliphatic heterocycles. The molecule has 7 aliphatic carbocycles. The van der Waals surface area contributed by atoms with Crippen LogP contribution in [0.15, 0.2) is 254 Å². The van der Waals surface area contributed by atoms with Gasteiger partial charge in [-0.1, -0.05) is 157 Å². The fourth-order valence-electron chi connectivity index (χ4n) is 13.2.